The molecule has 4 N–H and O–H groups in total. The number of cyclic esters (lactones) is 2. The van der Waals surface area contributed by atoms with Crippen molar-refractivity contribution in [3.05, 3.63) is 156 Å². The summed E-state index contributed by atoms with van der Waals surface area (Å²) in [5.41, 5.74) is 3.14. The first-order chi connectivity index (χ1) is 35.0. The Morgan fingerprint density at radius 3 is 1.55 bits per heavy atom. The van der Waals surface area contributed by atoms with E-state index in [1.807, 2.05) is 73.7 Å². The second-order valence-corrected chi connectivity index (χ2v) is 19.2. The third-order valence-electron chi connectivity index (χ3n) is 12.7. The number of benzene rings is 6. The number of amidine groups is 2. The molecule has 6 aromatic rings. The molecule has 0 spiro atoms. The van der Waals surface area contributed by atoms with Gasteiger partial charge in [0.05, 0.1) is 26.5 Å². The molecule has 3 heterocycles. The first kappa shape index (κ1) is 51.3. The highest BCUT2D eigenvalue weighted by molar-refractivity contribution is 7.86. The van der Waals surface area contributed by atoms with Crippen molar-refractivity contribution in [2.45, 2.75) is 25.2 Å². The van der Waals surface area contributed by atoms with Crippen molar-refractivity contribution in [1.29, 1.82) is 10.8 Å². The van der Waals surface area contributed by atoms with E-state index in [0.29, 0.717) is 46.7 Å². The molecule has 0 saturated carbocycles. The second kappa shape index (κ2) is 22.6. The highest BCUT2D eigenvalue weighted by Gasteiger charge is 2.36. The van der Waals surface area contributed by atoms with Crippen molar-refractivity contribution in [3.63, 3.8) is 0 Å². The van der Waals surface area contributed by atoms with Crippen LogP contribution in [0.4, 0.5) is 21.0 Å². The molecular formula is C53H54N8O11S. The maximum absolute atomic E-state index is 12.9. The molecule has 3 aliphatic rings. The van der Waals surface area contributed by atoms with Crippen LogP contribution in [-0.2, 0) is 33.3 Å². The summed E-state index contributed by atoms with van der Waals surface area (Å²) in [4.78, 5) is 69.5. The average Bonchev–Trinajstić information content (AvgIpc) is 3.97. The van der Waals surface area contributed by atoms with Gasteiger partial charge < -0.3 is 24.8 Å². The van der Waals surface area contributed by atoms with Crippen molar-refractivity contribution in [2.24, 2.45) is 0 Å². The van der Waals surface area contributed by atoms with Crippen molar-refractivity contribution in [2.75, 3.05) is 75.6 Å². The van der Waals surface area contributed by atoms with Gasteiger partial charge in [0.1, 0.15) is 36.5 Å². The van der Waals surface area contributed by atoms with Crippen molar-refractivity contribution in [3.8, 4) is 0 Å². The molecule has 3 atom stereocenters. The zero-order chi connectivity index (χ0) is 51.8. The standard InChI is InChI=1S/C30H33N5O5.C23H21N3O6S/c1-20(29(37)39-2)34-16-14-33(15-17-34)18-24-19-35(30(38)40-24)23-12-10-22(11-13-23)27(31)32-28(36)26-9-5-7-21-6-3-4-8-25(21)26;1-33(29,30)31-14-18-13-26(23(28)32-18)17-11-9-16(10-12-17)21(24)25-22(27)20-8-4-6-15-5-2-3-7-19(15)20/h3-13,20,24H,14-19H2,1-2H3,(H2,31,32,36);2-12,18H,13-14H2,1H3,(H2,24,25,27). The van der Waals surface area contributed by atoms with Gasteiger partial charge in [-0.15, -0.1) is 0 Å². The number of piperazine rings is 1. The number of carbonyl (C=O) groups is 5. The third kappa shape index (κ3) is 12.5. The number of amides is 4. The summed E-state index contributed by atoms with van der Waals surface area (Å²) in [6.07, 6.45) is -1.09. The van der Waals surface area contributed by atoms with E-state index in [2.05, 4.69) is 20.4 Å². The van der Waals surface area contributed by atoms with Crippen molar-refractivity contribution >= 4 is 84.7 Å². The van der Waals surface area contributed by atoms with E-state index in [9.17, 15) is 32.4 Å². The van der Waals surface area contributed by atoms with E-state index in [4.69, 9.17) is 29.2 Å². The number of nitrogens with zero attached hydrogens (tertiary/aromatic N) is 4. The molecule has 4 amide bonds. The van der Waals surface area contributed by atoms with E-state index in [-0.39, 0.29) is 48.8 Å². The van der Waals surface area contributed by atoms with Crippen LogP contribution in [0.1, 0.15) is 38.8 Å². The van der Waals surface area contributed by atoms with Crippen LogP contribution in [0.15, 0.2) is 133 Å². The highest BCUT2D eigenvalue weighted by atomic mass is 32.2. The fraction of sp³-hybridized carbons (Fsp3) is 0.264. The summed E-state index contributed by atoms with van der Waals surface area (Å²) in [5.74, 6) is -1.08. The number of rotatable bonds is 13. The van der Waals surface area contributed by atoms with Gasteiger partial charge >= 0.3 is 18.2 Å². The smallest absolute Gasteiger partial charge is 0.414 e. The molecule has 3 unspecified atom stereocenters. The zero-order valence-electron chi connectivity index (χ0n) is 40.3. The zero-order valence-corrected chi connectivity index (χ0v) is 41.1. The molecule has 378 valence electrons. The minimum Gasteiger partial charge on any atom is -0.468 e. The monoisotopic (exact) mass is 1010 g/mol. The molecule has 0 aromatic heterocycles. The Labute approximate surface area is 421 Å². The molecular weight excluding hydrogens is 957 g/mol. The minimum atomic E-state index is -3.64. The second-order valence-electron chi connectivity index (χ2n) is 17.6. The largest absolute Gasteiger partial charge is 0.468 e. The van der Waals surface area contributed by atoms with Gasteiger partial charge in [-0.2, -0.15) is 8.42 Å². The molecule has 3 saturated heterocycles. The van der Waals surface area contributed by atoms with Crippen LogP contribution < -0.4 is 20.4 Å². The van der Waals surface area contributed by atoms with Gasteiger partial charge in [-0.3, -0.25) is 49.0 Å². The van der Waals surface area contributed by atoms with Gasteiger partial charge in [0.2, 0.25) is 0 Å². The average molecular weight is 1010 g/mol. The van der Waals surface area contributed by atoms with Gasteiger partial charge in [-0.05, 0) is 89.1 Å². The van der Waals surface area contributed by atoms with Gasteiger partial charge in [-0.25, -0.2) is 9.59 Å². The van der Waals surface area contributed by atoms with Crippen molar-refractivity contribution < 1.29 is 50.8 Å². The molecule has 3 fully saturated rings. The summed E-state index contributed by atoms with van der Waals surface area (Å²) in [5, 5.41) is 25.5. The van der Waals surface area contributed by atoms with Crippen LogP contribution in [-0.4, -0.2) is 144 Å². The lowest BCUT2D eigenvalue weighted by Crippen LogP contribution is -2.53. The predicted molar refractivity (Wildman–Crippen MR) is 275 cm³/mol. The summed E-state index contributed by atoms with van der Waals surface area (Å²) in [6.45, 7) is 5.79. The normalized spacial score (nSPS) is 17.5. The predicted octanol–water partition coefficient (Wildman–Crippen LogP) is 6.00. The summed E-state index contributed by atoms with van der Waals surface area (Å²) in [6, 6.07) is 39.2. The minimum absolute atomic E-state index is 0.0213. The van der Waals surface area contributed by atoms with Crippen LogP contribution in [0.5, 0.6) is 0 Å². The van der Waals surface area contributed by atoms with Gasteiger partial charge in [0.25, 0.3) is 21.9 Å². The Morgan fingerprint density at radius 2 is 1.08 bits per heavy atom. The molecule has 19 nitrogen and oxygen atoms in total. The fourth-order valence-electron chi connectivity index (χ4n) is 8.76. The van der Waals surface area contributed by atoms with Crippen LogP contribution in [0.2, 0.25) is 0 Å². The van der Waals surface area contributed by atoms with Crippen LogP contribution in [0.3, 0.4) is 0 Å². The van der Waals surface area contributed by atoms with E-state index < -0.39 is 34.3 Å². The Morgan fingerprint density at radius 1 is 0.644 bits per heavy atom. The molecule has 9 rings (SSSR count). The molecule has 0 radical (unpaired) electrons. The molecule has 0 bridgehead atoms. The summed E-state index contributed by atoms with van der Waals surface area (Å²) < 4.78 is 42.6. The lowest BCUT2D eigenvalue weighted by molar-refractivity contribution is -0.147. The number of hydrogen-bond donors (Lipinski definition) is 4. The number of hydrogen-bond acceptors (Lipinski definition) is 15. The van der Waals surface area contributed by atoms with Gasteiger partial charge in [-0.1, -0.05) is 72.8 Å². The summed E-state index contributed by atoms with van der Waals surface area (Å²) in [7, 11) is -2.24. The number of anilines is 2. The Hall–Kier alpha value is -8.04. The van der Waals surface area contributed by atoms with E-state index in [1.165, 1.54) is 12.0 Å². The van der Waals surface area contributed by atoms with E-state index in [0.717, 1.165) is 54.0 Å². The van der Waals surface area contributed by atoms with Gasteiger partial charge in [0, 0.05) is 66.4 Å². The highest BCUT2D eigenvalue weighted by Crippen LogP contribution is 2.26. The van der Waals surface area contributed by atoms with Crippen molar-refractivity contribution in [1.82, 2.24) is 20.4 Å². The Balaban J connectivity index is 0.000000199. The lowest BCUT2D eigenvalue weighted by atomic mass is 10.0. The number of ether oxygens (including phenoxy) is 3. The number of carbonyl (C=O) groups excluding carboxylic acids is 5. The molecule has 0 aliphatic carbocycles. The van der Waals surface area contributed by atoms with Crippen LogP contribution in [0, 0.1) is 10.8 Å². The first-order valence-electron chi connectivity index (χ1n) is 23.4. The third-order valence-corrected chi connectivity index (χ3v) is 13.2. The topological polar surface area (TPSA) is 241 Å². The summed E-state index contributed by atoms with van der Waals surface area (Å²) >= 11 is 0. The number of esters is 1. The Bertz CT molecular complexity index is 3170. The molecule has 73 heavy (non-hydrogen) atoms. The SMILES string of the molecule is COC(=O)C(C)N1CCN(CC2CN(c3ccc(C(=N)NC(=O)c4cccc5ccccc45)cc3)C(=O)O2)CC1.CS(=O)(=O)OCC1CN(c2ccc(C(=N)NC(=O)c3cccc4ccccc34)cc2)C(=O)O1. The van der Waals surface area contributed by atoms with Crippen LogP contribution >= 0.6 is 0 Å². The Kier molecular flexibility index (Phi) is 15.9. The fourth-order valence-corrected chi connectivity index (χ4v) is 9.15. The molecule has 3 aliphatic heterocycles. The van der Waals surface area contributed by atoms with Crippen LogP contribution in [0.25, 0.3) is 21.5 Å². The first-order valence-corrected chi connectivity index (χ1v) is 25.2. The maximum Gasteiger partial charge on any atom is 0.414 e. The quantitative estimate of drug-likeness (QED) is 0.0342. The number of methoxy groups -OCH3 is 1. The van der Waals surface area contributed by atoms with E-state index >= 15 is 0 Å². The molecule has 6 aromatic carbocycles. The van der Waals surface area contributed by atoms with E-state index in [1.54, 1.807) is 71.6 Å². The number of fused-ring (bicyclic) bond motifs is 2. The maximum atomic E-state index is 12.9. The lowest BCUT2D eigenvalue weighted by Gasteiger charge is -2.37. The number of nitrogens with one attached hydrogen (secondary N) is 4. The van der Waals surface area contributed by atoms with Gasteiger partial charge in [0.15, 0.2) is 0 Å². The molecule has 20 heteroatoms.